The van der Waals surface area contributed by atoms with E-state index in [1.54, 1.807) is 0 Å². The number of rotatable bonds is 4. The zero-order valence-electron chi connectivity index (χ0n) is 9.63. The van der Waals surface area contributed by atoms with Crippen molar-refractivity contribution in [3.8, 4) is 0 Å². The van der Waals surface area contributed by atoms with Gasteiger partial charge in [-0.15, -0.1) is 0 Å². The van der Waals surface area contributed by atoms with E-state index in [9.17, 15) is 9.90 Å². The lowest BCUT2D eigenvalue weighted by Gasteiger charge is -2.19. The van der Waals surface area contributed by atoms with E-state index in [2.05, 4.69) is 11.3 Å². The summed E-state index contributed by atoms with van der Waals surface area (Å²) in [5.41, 5.74) is 1.50. The third-order valence-electron chi connectivity index (χ3n) is 2.56. The Morgan fingerprint density at radius 1 is 1.53 bits per heavy atom. The molecule has 0 aliphatic carbocycles. The Morgan fingerprint density at radius 2 is 2.29 bits per heavy atom. The molecule has 89 valence electrons. The van der Waals surface area contributed by atoms with Crippen molar-refractivity contribution in [2.75, 3.05) is 11.6 Å². The van der Waals surface area contributed by atoms with Crippen LogP contribution < -0.4 is 5.01 Å². The number of aromatic nitrogens is 2. The number of nitrogens with zero attached hydrogens (tertiary/aromatic N) is 3. The van der Waals surface area contributed by atoms with E-state index in [0.717, 1.165) is 23.9 Å². The highest BCUT2D eigenvalue weighted by molar-refractivity contribution is 5.81. The van der Waals surface area contributed by atoms with Crippen molar-refractivity contribution < 1.29 is 9.90 Å². The van der Waals surface area contributed by atoms with Crippen LogP contribution in [-0.4, -0.2) is 27.4 Å². The smallest absolute Gasteiger partial charge is 0.426 e. The second kappa shape index (κ2) is 4.86. The Bertz CT molecular complexity index is 521. The minimum atomic E-state index is -0.988. The van der Waals surface area contributed by atoms with Crippen molar-refractivity contribution in [3.05, 3.63) is 30.6 Å². The van der Waals surface area contributed by atoms with Gasteiger partial charge in [0.25, 0.3) is 0 Å². The molecule has 1 amide bonds. The second-order valence-electron chi connectivity index (χ2n) is 3.77. The van der Waals surface area contributed by atoms with Gasteiger partial charge in [-0.2, -0.15) is 0 Å². The fraction of sp³-hybridized carbons (Fsp3) is 0.333. The van der Waals surface area contributed by atoms with Crippen molar-refractivity contribution in [2.24, 2.45) is 0 Å². The van der Waals surface area contributed by atoms with E-state index >= 15 is 0 Å². The van der Waals surface area contributed by atoms with Crippen LogP contribution in [0.4, 0.5) is 4.79 Å². The van der Waals surface area contributed by atoms with Gasteiger partial charge in [0.15, 0.2) is 6.33 Å². The number of fused-ring (bicyclic) bond motifs is 1. The van der Waals surface area contributed by atoms with Gasteiger partial charge in [0, 0.05) is 6.54 Å². The van der Waals surface area contributed by atoms with E-state index in [4.69, 9.17) is 0 Å². The molecule has 1 aromatic carbocycles. The number of amides is 1. The van der Waals surface area contributed by atoms with E-state index in [0.29, 0.717) is 6.54 Å². The van der Waals surface area contributed by atoms with Gasteiger partial charge in [-0.3, -0.25) is 0 Å². The molecule has 17 heavy (non-hydrogen) atoms. The molecule has 0 bridgehead atoms. The van der Waals surface area contributed by atoms with Crippen LogP contribution in [0.3, 0.4) is 0 Å². The third kappa shape index (κ3) is 2.22. The molecule has 1 N–H and O–H groups in total. The van der Waals surface area contributed by atoms with Crippen molar-refractivity contribution in [1.82, 2.24) is 9.66 Å². The highest BCUT2D eigenvalue weighted by atomic mass is 16.4. The van der Waals surface area contributed by atoms with Crippen LogP contribution in [0.25, 0.3) is 11.0 Å². The predicted octanol–water partition coefficient (Wildman–Crippen LogP) is 2.25. The van der Waals surface area contributed by atoms with Gasteiger partial charge in [0.2, 0.25) is 0 Å². The van der Waals surface area contributed by atoms with Crippen LogP contribution in [0.5, 0.6) is 0 Å². The van der Waals surface area contributed by atoms with Gasteiger partial charge < -0.3 is 5.11 Å². The average Bonchev–Trinajstić information content (AvgIpc) is 2.73. The fourth-order valence-corrected chi connectivity index (χ4v) is 1.67. The number of benzene rings is 1. The molecule has 0 fully saturated rings. The molecule has 2 aromatic rings. The van der Waals surface area contributed by atoms with Crippen LogP contribution in [0.2, 0.25) is 0 Å². The Hall–Kier alpha value is -2.04. The van der Waals surface area contributed by atoms with Gasteiger partial charge in [0.05, 0.1) is 11.0 Å². The summed E-state index contributed by atoms with van der Waals surface area (Å²) in [6, 6.07) is 7.39. The van der Waals surface area contributed by atoms with Gasteiger partial charge in [-0.25, -0.2) is 19.5 Å². The van der Waals surface area contributed by atoms with E-state index in [1.807, 2.05) is 31.2 Å². The lowest BCUT2D eigenvalue weighted by atomic mass is 10.3. The standard InChI is InChI=1S/C12H14N3O2/c1-2-3-8-14(12(16)17)15-9-13-10-6-4-5-7-11(10)15/h4-7H,2-3,8H2,1H3,(H,16,17). The largest absolute Gasteiger partial charge is 0.464 e. The predicted molar refractivity (Wildman–Crippen MR) is 64.6 cm³/mol. The van der Waals surface area contributed by atoms with E-state index in [1.165, 1.54) is 9.69 Å². The molecule has 1 aromatic heterocycles. The number of carbonyl (C=O) groups is 1. The SMILES string of the molecule is CCCCN(C(=O)O)n1[c]nc2ccccc21. The van der Waals surface area contributed by atoms with Gasteiger partial charge in [-0.1, -0.05) is 25.5 Å². The summed E-state index contributed by atoms with van der Waals surface area (Å²) in [4.78, 5) is 15.3. The summed E-state index contributed by atoms with van der Waals surface area (Å²) in [6.45, 7) is 2.47. The quantitative estimate of drug-likeness (QED) is 0.879. The number of hydrogen-bond donors (Lipinski definition) is 1. The molecule has 0 aliphatic rings. The number of unbranched alkanes of at least 4 members (excludes halogenated alkanes) is 1. The number of hydrogen-bond acceptors (Lipinski definition) is 2. The normalized spacial score (nSPS) is 10.6. The Balaban J connectivity index is 2.38. The first-order chi connectivity index (χ1) is 8.24. The summed E-state index contributed by atoms with van der Waals surface area (Å²) in [5.74, 6) is 0. The number of para-hydroxylation sites is 2. The molecule has 0 atom stereocenters. The summed E-state index contributed by atoms with van der Waals surface area (Å²) in [6.07, 6.45) is 3.48. The molecule has 5 nitrogen and oxygen atoms in total. The highest BCUT2D eigenvalue weighted by Crippen LogP contribution is 2.12. The van der Waals surface area contributed by atoms with Crippen molar-refractivity contribution in [3.63, 3.8) is 0 Å². The Labute approximate surface area is 99.3 Å². The lowest BCUT2D eigenvalue weighted by Crippen LogP contribution is -2.39. The highest BCUT2D eigenvalue weighted by Gasteiger charge is 2.16. The van der Waals surface area contributed by atoms with Gasteiger partial charge in [-0.05, 0) is 18.6 Å². The summed E-state index contributed by atoms with van der Waals surface area (Å²) in [5, 5.41) is 10.4. The molecule has 0 spiro atoms. The number of imidazole rings is 1. The monoisotopic (exact) mass is 232 g/mol. The molecule has 2 rings (SSSR count). The van der Waals surface area contributed by atoms with Gasteiger partial charge >= 0.3 is 6.09 Å². The maximum atomic E-state index is 11.2. The molecular weight excluding hydrogens is 218 g/mol. The van der Waals surface area contributed by atoms with Crippen LogP contribution in [0.1, 0.15) is 19.8 Å². The first-order valence-corrected chi connectivity index (χ1v) is 5.60. The molecule has 5 heteroatoms. The zero-order valence-corrected chi connectivity index (χ0v) is 9.63. The Morgan fingerprint density at radius 3 is 3.00 bits per heavy atom. The van der Waals surface area contributed by atoms with E-state index < -0.39 is 6.09 Å². The minimum Gasteiger partial charge on any atom is -0.464 e. The molecule has 1 heterocycles. The molecule has 0 saturated carbocycles. The molecule has 0 unspecified atom stereocenters. The van der Waals surface area contributed by atoms with Crippen molar-refractivity contribution in [1.29, 1.82) is 0 Å². The van der Waals surface area contributed by atoms with Crippen LogP contribution >= 0.6 is 0 Å². The maximum absolute atomic E-state index is 11.2. The van der Waals surface area contributed by atoms with Crippen LogP contribution in [-0.2, 0) is 0 Å². The fourth-order valence-electron chi connectivity index (χ4n) is 1.67. The maximum Gasteiger partial charge on any atom is 0.426 e. The average molecular weight is 232 g/mol. The van der Waals surface area contributed by atoms with Crippen LogP contribution in [0.15, 0.2) is 24.3 Å². The molecule has 0 aliphatic heterocycles. The molecule has 0 saturated heterocycles. The Kier molecular flexibility index (Phi) is 3.27. The number of carboxylic acid groups (broad SMARTS) is 1. The minimum absolute atomic E-state index is 0.447. The van der Waals surface area contributed by atoms with Crippen molar-refractivity contribution in [2.45, 2.75) is 19.8 Å². The van der Waals surface area contributed by atoms with Crippen molar-refractivity contribution >= 4 is 17.1 Å². The van der Waals surface area contributed by atoms with E-state index in [-0.39, 0.29) is 0 Å². The first kappa shape index (κ1) is 11.4. The molecule has 1 radical (unpaired) electrons. The topological polar surface area (TPSA) is 58.4 Å². The summed E-state index contributed by atoms with van der Waals surface area (Å²) < 4.78 is 1.47. The zero-order chi connectivity index (χ0) is 12.3. The summed E-state index contributed by atoms with van der Waals surface area (Å²) >= 11 is 0. The van der Waals surface area contributed by atoms with Gasteiger partial charge in [0.1, 0.15) is 0 Å². The third-order valence-corrected chi connectivity index (χ3v) is 2.56. The molecular formula is C12H14N3O2. The summed E-state index contributed by atoms with van der Waals surface area (Å²) in [7, 11) is 0. The van der Waals surface area contributed by atoms with Crippen LogP contribution in [0, 0.1) is 6.33 Å². The first-order valence-electron chi connectivity index (χ1n) is 5.60. The lowest BCUT2D eigenvalue weighted by molar-refractivity contribution is 0.194. The second-order valence-corrected chi connectivity index (χ2v) is 3.77.